The zero-order valence-electron chi connectivity index (χ0n) is 10.2. The van der Waals surface area contributed by atoms with Gasteiger partial charge in [0.05, 0.1) is 0 Å². The van der Waals surface area contributed by atoms with E-state index in [0.717, 1.165) is 11.1 Å². The van der Waals surface area contributed by atoms with Crippen molar-refractivity contribution in [2.45, 2.75) is 32.9 Å². The van der Waals surface area contributed by atoms with Crippen LogP contribution < -0.4 is 0 Å². The van der Waals surface area contributed by atoms with Crippen LogP contribution in [0.15, 0.2) is 24.8 Å². The molecule has 0 spiro atoms. The molecule has 0 radical (unpaired) electrons. The number of nitrogens with zero attached hydrogens (tertiary/aromatic N) is 4. The summed E-state index contributed by atoms with van der Waals surface area (Å²) in [5.74, 6) is 0.552. The first-order chi connectivity index (χ1) is 8.11. The van der Waals surface area contributed by atoms with Crippen molar-refractivity contribution < 1.29 is 5.11 Å². The van der Waals surface area contributed by atoms with E-state index in [1.54, 1.807) is 17.1 Å². The van der Waals surface area contributed by atoms with Gasteiger partial charge in [0.1, 0.15) is 12.4 Å². The molecule has 0 amide bonds. The van der Waals surface area contributed by atoms with Crippen LogP contribution in [0.1, 0.15) is 42.9 Å². The monoisotopic (exact) mass is 232 g/mol. The van der Waals surface area contributed by atoms with E-state index in [1.165, 1.54) is 6.33 Å². The first-order valence-corrected chi connectivity index (χ1v) is 5.59. The van der Waals surface area contributed by atoms with Crippen LogP contribution in [0.5, 0.6) is 0 Å². The summed E-state index contributed by atoms with van der Waals surface area (Å²) >= 11 is 0. The Morgan fingerprint density at radius 1 is 1.35 bits per heavy atom. The fourth-order valence-electron chi connectivity index (χ4n) is 1.75. The van der Waals surface area contributed by atoms with Gasteiger partial charge in [-0.3, -0.25) is 4.98 Å². The third kappa shape index (κ3) is 2.19. The van der Waals surface area contributed by atoms with Crippen LogP contribution in [-0.2, 0) is 0 Å². The third-order valence-electron chi connectivity index (χ3n) is 2.71. The van der Waals surface area contributed by atoms with Gasteiger partial charge >= 0.3 is 0 Å². The molecule has 0 aromatic carbocycles. The first kappa shape index (κ1) is 11.7. The zero-order valence-corrected chi connectivity index (χ0v) is 10.2. The minimum absolute atomic E-state index is 0.166. The lowest BCUT2D eigenvalue weighted by Gasteiger charge is -2.15. The molecular formula is C12H16N4O. The van der Waals surface area contributed by atoms with Gasteiger partial charge in [-0.05, 0) is 32.4 Å². The van der Waals surface area contributed by atoms with Gasteiger partial charge in [0.15, 0.2) is 5.82 Å². The molecular weight excluding hydrogens is 216 g/mol. The average Bonchev–Trinajstić information content (AvgIpc) is 2.77. The summed E-state index contributed by atoms with van der Waals surface area (Å²) in [6, 6.07) is 2.04. The normalized spacial score (nSPS) is 13.0. The molecule has 2 heterocycles. The molecule has 0 aliphatic rings. The highest BCUT2D eigenvalue weighted by molar-refractivity contribution is 5.27. The van der Waals surface area contributed by atoms with Crippen LogP contribution in [0.25, 0.3) is 0 Å². The second-order valence-electron chi connectivity index (χ2n) is 4.29. The standard InChI is InChI=1S/C12H16N4O/c1-8(2)16-12(14-7-15-16)11(17)10-6-13-5-4-9(10)3/h4-8,11,17H,1-3H3. The van der Waals surface area contributed by atoms with Crippen LogP contribution in [-0.4, -0.2) is 24.9 Å². The van der Waals surface area contributed by atoms with Crippen molar-refractivity contribution in [3.63, 3.8) is 0 Å². The Hall–Kier alpha value is -1.75. The minimum Gasteiger partial charge on any atom is -0.380 e. The van der Waals surface area contributed by atoms with Crippen molar-refractivity contribution in [2.75, 3.05) is 0 Å². The molecule has 1 unspecified atom stereocenters. The summed E-state index contributed by atoms with van der Waals surface area (Å²) in [5.41, 5.74) is 1.76. The second kappa shape index (κ2) is 4.63. The van der Waals surface area contributed by atoms with Crippen LogP contribution in [0, 0.1) is 6.92 Å². The largest absolute Gasteiger partial charge is 0.380 e. The van der Waals surface area contributed by atoms with Crippen molar-refractivity contribution in [1.29, 1.82) is 0 Å². The van der Waals surface area contributed by atoms with E-state index in [2.05, 4.69) is 15.1 Å². The molecule has 2 rings (SSSR count). The predicted octanol–water partition coefficient (Wildman–Crippen LogP) is 1.64. The molecule has 1 atom stereocenters. The number of aryl methyl sites for hydroxylation is 1. The topological polar surface area (TPSA) is 63.8 Å². The number of hydrogen-bond acceptors (Lipinski definition) is 4. The van der Waals surface area contributed by atoms with Gasteiger partial charge in [-0.2, -0.15) is 5.10 Å². The van der Waals surface area contributed by atoms with Crippen molar-refractivity contribution in [3.8, 4) is 0 Å². The van der Waals surface area contributed by atoms with Gasteiger partial charge in [-0.15, -0.1) is 0 Å². The van der Waals surface area contributed by atoms with Gasteiger partial charge < -0.3 is 5.11 Å². The SMILES string of the molecule is Cc1ccncc1C(O)c1ncnn1C(C)C. The molecule has 2 aromatic heterocycles. The number of aliphatic hydroxyl groups excluding tert-OH is 1. The highest BCUT2D eigenvalue weighted by atomic mass is 16.3. The Bertz CT molecular complexity index is 507. The average molecular weight is 232 g/mol. The maximum Gasteiger partial charge on any atom is 0.160 e. The van der Waals surface area contributed by atoms with Crippen LogP contribution in [0.4, 0.5) is 0 Å². The van der Waals surface area contributed by atoms with Crippen molar-refractivity contribution in [1.82, 2.24) is 19.7 Å². The summed E-state index contributed by atoms with van der Waals surface area (Å²) in [6.07, 6.45) is 4.05. The predicted molar refractivity (Wildman–Crippen MR) is 63.4 cm³/mol. The highest BCUT2D eigenvalue weighted by Crippen LogP contribution is 2.23. The Labute approximate surface area is 100 Å². The molecule has 0 aliphatic heterocycles. The third-order valence-corrected chi connectivity index (χ3v) is 2.71. The van der Waals surface area contributed by atoms with E-state index in [-0.39, 0.29) is 6.04 Å². The summed E-state index contributed by atoms with van der Waals surface area (Å²) in [5, 5.41) is 14.4. The molecule has 2 aromatic rings. The van der Waals surface area contributed by atoms with Crippen LogP contribution >= 0.6 is 0 Å². The summed E-state index contributed by atoms with van der Waals surface area (Å²) in [6.45, 7) is 5.94. The minimum atomic E-state index is -0.784. The highest BCUT2D eigenvalue weighted by Gasteiger charge is 2.20. The number of pyridine rings is 1. The molecule has 0 fully saturated rings. The lowest BCUT2D eigenvalue weighted by Crippen LogP contribution is -2.14. The number of rotatable bonds is 3. The summed E-state index contributed by atoms with van der Waals surface area (Å²) in [4.78, 5) is 8.16. The van der Waals surface area contributed by atoms with E-state index >= 15 is 0 Å². The lowest BCUT2D eigenvalue weighted by atomic mass is 10.1. The smallest absolute Gasteiger partial charge is 0.160 e. The zero-order chi connectivity index (χ0) is 12.4. The lowest BCUT2D eigenvalue weighted by molar-refractivity contribution is 0.198. The molecule has 0 bridgehead atoms. The van der Waals surface area contributed by atoms with Gasteiger partial charge in [-0.1, -0.05) is 0 Å². The first-order valence-electron chi connectivity index (χ1n) is 5.59. The second-order valence-corrected chi connectivity index (χ2v) is 4.29. The van der Waals surface area contributed by atoms with Gasteiger partial charge in [0, 0.05) is 24.0 Å². The molecule has 0 aliphatic carbocycles. The molecule has 0 saturated carbocycles. The van der Waals surface area contributed by atoms with E-state index in [1.807, 2.05) is 26.8 Å². The van der Waals surface area contributed by atoms with Crippen molar-refractivity contribution >= 4 is 0 Å². The van der Waals surface area contributed by atoms with E-state index in [9.17, 15) is 5.11 Å². The Kier molecular flexibility index (Phi) is 3.19. The maximum absolute atomic E-state index is 10.3. The molecule has 1 N–H and O–H groups in total. The Morgan fingerprint density at radius 3 is 2.76 bits per heavy atom. The van der Waals surface area contributed by atoms with Gasteiger partial charge in [0.2, 0.25) is 0 Å². The molecule has 5 nitrogen and oxygen atoms in total. The molecule has 17 heavy (non-hydrogen) atoms. The summed E-state index contributed by atoms with van der Waals surface area (Å²) in [7, 11) is 0. The Balaban J connectivity index is 2.41. The van der Waals surface area contributed by atoms with Crippen LogP contribution in [0.3, 0.4) is 0 Å². The number of aromatic nitrogens is 4. The van der Waals surface area contributed by atoms with Crippen LogP contribution in [0.2, 0.25) is 0 Å². The van der Waals surface area contributed by atoms with Crippen molar-refractivity contribution in [3.05, 3.63) is 41.7 Å². The van der Waals surface area contributed by atoms with Gasteiger partial charge in [0.25, 0.3) is 0 Å². The summed E-state index contributed by atoms with van der Waals surface area (Å²) < 4.78 is 1.72. The molecule has 0 saturated heterocycles. The maximum atomic E-state index is 10.3. The van der Waals surface area contributed by atoms with Gasteiger partial charge in [-0.25, -0.2) is 9.67 Å². The van der Waals surface area contributed by atoms with Crippen molar-refractivity contribution in [2.24, 2.45) is 0 Å². The number of hydrogen-bond donors (Lipinski definition) is 1. The van der Waals surface area contributed by atoms with E-state index < -0.39 is 6.10 Å². The van der Waals surface area contributed by atoms with E-state index in [0.29, 0.717) is 5.82 Å². The number of aliphatic hydroxyl groups is 1. The quantitative estimate of drug-likeness (QED) is 0.873. The molecule has 5 heteroatoms. The fourth-order valence-corrected chi connectivity index (χ4v) is 1.75. The molecule has 90 valence electrons. The van der Waals surface area contributed by atoms with E-state index in [4.69, 9.17) is 0 Å². The fraction of sp³-hybridized carbons (Fsp3) is 0.417. The Morgan fingerprint density at radius 2 is 2.12 bits per heavy atom.